The molecule has 1 aliphatic rings. The van der Waals surface area contributed by atoms with Gasteiger partial charge in [0, 0.05) is 19.6 Å². The zero-order valence-electron chi connectivity index (χ0n) is 11.8. The molecule has 1 fully saturated rings. The molecule has 0 saturated carbocycles. The lowest BCUT2D eigenvalue weighted by Crippen LogP contribution is -2.53. The molecular weight excluding hydrogens is 216 g/mol. The fraction of sp³-hybridized carbons (Fsp3) is 0.923. The second kappa shape index (κ2) is 5.36. The number of esters is 1. The highest BCUT2D eigenvalue weighted by Gasteiger charge is 2.38. The minimum Gasteiger partial charge on any atom is -0.459 e. The Balaban J connectivity index is 2.67. The topological polar surface area (TPSA) is 41.6 Å². The van der Waals surface area contributed by atoms with Crippen LogP contribution >= 0.6 is 0 Å². The molecule has 0 spiro atoms. The van der Waals surface area contributed by atoms with Crippen LogP contribution in [0.1, 0.15) is 41.0 Å². The van der Waals surface area contributed by atoms with Crippen LogP contribution in [0.2, 0.25) is 0 Å². The number of rotatable bonds is 2. The van der Waals surface area contributed by atoms with Gasteiger partial charge in [-0.2, -0.15) is 0 Å². The van der Waals surface area contributed by atoms with E-state index >= 15 is 0 Å². The molecule has 0 radical (unpaired) electrons. The molecule has 1 heterocycles. The van der Waals surface area contributed by atoms with Crippen molar-refractivity contribution in [2.75, 3.05) is 26.2 Å². The highest BCUT2D eigenvalue weighted by atomic mass is 16.6. The molecule has 0 atom stereocenters. The third kappa shape index (κ3) is 4.28. The Morgan fingerprint density at radius 3 is 2.35 bits per heavy atom. The van der Waals surface area contributed by atoms with E-state index in [1.165, 1.54) is 0 Å². The van der Waals surface area contributed by atoms with Crippen LogP contribution in [0.15, 0.2) is 0 Å². The van der Waals surface area contributed by atoms with Gasteiger partial charge >= 0.3 is 5.97 Å². The van der Waals surface area contributed by atoms with Gasteiger partial charge in [-0.1, -0.05) is 0 Å². The highest BCUT2D eigenvalue weighted by molar-refractivity contribution is 5.80. The fourth-order valence-corrected chi connectivity index (χ4v) is 1.94. The van der Waals surface area contributed by atoms with Crippen LogP contribution in [0.5, 0.6) is 0 Å². The molecule has 1 saturated heterocycles. The van der Waals surface area contributed by atoms with Crippen LogP contribution in [-0.2, 0) is 9.53 Å². The van der Waals surface area contributed by atoms with Crippen molar-refractivity contribution in [3.8, 4) is 0 Å². The molecule has 0 aliphatic carbocycles. The molecule has 17 heavy (non-hydrogen) atoms. The van der Waals surface area contributed by atoms with E-state index in [-0.39, 0.29) is 5.97 Å². The maximum atomic E-state index is 12.2. The number of hydrogen-bond donors (Lipinski definition) is 1. The molecule has 4 heteroatoms. The van der Waals surface area contributed by atoms with Gasteiger partial charge in [0.05, 0.1) is 0 Å². The number of nitrogens with zero attached hydrogens (tertiary/aromatic N) is 1. The minimum atomic E-state index is -0.542. The Morgan fingerprint density at radius 1 is 1.12 bits per heavy atom. The van der Waals surface area contributed by atoms with Crippen molar-refractivity contribution in [3.63, 3.8) is 0 Å². The number of carbonyl (C=O) groups excluding carboxylic acids is 1. The first-order chi connectivity index (χ1) is 7.73. The summed E-state index contributed by atoms with van der Waals surface area (Å²) in [5, 5.41) is 3.34. The van der Waals surface area contributed by atoms with Gasteiger partial charge in [-0.3, -0.25) is 9.69 Å². The summed E-state index contributed by atoms with van der Waals surface area (Å²) in [5.41, 5.74) is -0.961. The quantitative estimate of drug-likeness (QED) is 0.743. The van der Waals surface area contributed by atoms with Gasteiger partial charge in [0.1, 0.15) is 11.1 Å². The predicted octanol–water partition coefficient (Wildman–Crippen LogP) is 1.40. The average Bonchev–Trinajstić information content (AvgIpc) is 2.42. The van der Waals surface area contributed by atoms with Crippen LogP contribution < -0.4 is 5.32 Å². The van der Waals surface area contributed by atoms with Crippen LogP contribution in [0, 0.1) is 0 Å². The Bertz CT molecular complexity index is 261. The van der Waals surface area contributed by atoms with E-state index in [0.29, 0.717) is 0 Å². The van der Waals surface area contributed by atoms with Crippen molar-refractivity contribution in [2.45, 2.75) is 52.2 Å². The second-order valence-electron chi connectivity index (χ2n) is 6.15. The smallest absolute Gasteiger partial charge is 0.326 e. The van der Waals surface area contributed by atoms with Crippen molar-refractivity contribution >= 4 is 5.97 Å². The molecule has 4 nitrogen and oxygen atoms in total. The van der Waals surface area contributed by atoms with E-state index in [2.05, 4.69) is 10.2 Å². The minimum absolute atomic E-state index is 0.132. The Hall–Kier alpha value is -0.610. The zero-order chi connectivity index (χ0) is 13.1. The van der Waals surface area contributed by atoms with Crippen LogP contribution in [-0.4, -0.2) is 48.2 Å². The van der Waals surface area contributed by atoms with E-state index in [9.17, 15) is 4.79 Å². The normalized spacial score (nSPS) is 19.8. The monoisotopic (exact) mass is 242 g/mol. The first-order valence-corrected chi connectivity index (χ1v) is 6.43. The van der Waals surface area contributed by atoms with Gasteiger partial charge in [-0.25, -0.2) is 0 Å². The highest BCUT2D eigenvalue weighted by Crippen LogP contribution is 2.21. The van der Waals surface area contributed by atoms with Gasteiger partial charge < -0.3 is 10.1 Å². The fourth-order valence-electron chi connectivity index (χ4n) is 1.94. The lowest BCUT2D eigenvalue weighted by Gasteiger charge is -2.37. The van der Waals surface area contributed by atoms with Gasteiger partial charge in [0.2, 0.25) is 0 Å². The van der Waals surface area contributed by atoms with Crippen LogP contribution in [0.25, 0.3) is 0 Å². The Labute approximate surface area is 105 Å². The molecule has 0 unspecified atom stereocenters. The van der Waals surface area contributed by atoms with Crippen molar-refractivity contribution < 1.29 is 9.53 Å². The van der Waals surface area contributed by atoms with Gasteiger partial charge in [-0.15, -0.1) is 0 Å². The van der Waals surface area contributed by atoms with Gasteiger partial charge in [0.25, 0.3) is 0 Å². The third-order valence-electron chi connectivity index (χ3n) is 3.03. The van der Waals surface area contributed by atoms with Crippen LogP contribution in [0.4, 0.5) is 0 Å². The Morgan fingerprint density at radius 2 is 1.76 bits per heavy atom. The molecule has 1 aliphatic heterocycles. The number of ether oxygens (including phenoxy) is 1. The average molecular weight is 242 g/mol. The van der Waals surface area contributed by atoms with E-state index in [1.54, 1.807) is 0 Å². The summed E-state index contributed by atoms with van der Waals surface area (Å²) in [7, 11) is 0. The second-order valence-corrected chi connectivity index (χ2v) is 6.15. The van der Waals surface area contributed by atoms with E-state index in [0.717, 1.165) is 32.6 Å². The van der Waals surface area contributed by atoms with Crippen molar-refractivity contribution in [1.29, 1.82) is 0 Å². The van der Waals surface area contributed by atoms with E-state index in [1.807, 2.05) is 34.6 Å². The van der Waals surface area contributed by atoms with Gasteiger partial charge in [0.15, 0.2) is 0 Å². The maximum Gasteiger partial charge on any atom is 0.326 e. The molecule has 1 N–H and O–H groups in total. The number of nitrogens with one attached hydrogen (secondary N) is 1. The van der Waals surface area contributed by atoms with Crippen LogP contribution in [0.3, 0.4) is 0 Å². The molecule has 0 aromatic heterocycles. The van der Waals surface area contributed by atoms with Crippen molar-refractivity contribution in [1.82, 2.24) is 10.2 Å². The summed E-state index contributed by atoms with van der Waals surface area (Å²) < 4.78 is 5.50. The number of carbonyl (C=O) groups is 1. The lowest BCUT2D eigenvalue weighted by molar-refractivity contribution is -0.167. The maximum absolute atomic E-state index is 12.2. The molecule has 1 rings (SSSR count). The third-order valence-corrected chi connectivity index (χ3v) is 3.03. The standard InChI is InChI=1S/C13H26N2O2/c1-12(2,3)17-11(16)13(4,5)15-9-6-7-14-8-10-15/h14H,6-10H2,1-5H3. The van der Waals surface area contributed by atoms with Gasteiger partial charge in [-0.05, 0) is 47.6 Å². The molecule has 0 aromatic carbocycles. The first kappa shape index (κ1) is 14.5. The lowest BCUT2D eigenvalue weighted by atomic mass is 10.0. The molecule has 100 valence electrons. The van der Waals surface area contributed by atoms with Crippen molar-refractivity contribution in [3.05, 3.63) is 0 Å². The first-order valence-electron chi connectivity index (χ1n) is 6.43. The molecular formula is C13H26N2O2. The molecule has 0 amide bonds. The zero-order valence-corrected chi connectivity index (χ0v) is 11.8. The molecule has 0 aromatic rings. The summed E-state index contributed by atoms with van der Waals surface area (Å²) >= 11 is 0. The summed E-state index contributed by atoms with van der Waals surface area (Å²) in [4.78, 5) is 14.4. The number of hydrogen-bond acceptors (Lipinski definition) is 4. The summed E-state index contributed by atoms with van der Waals surface area (Å²) in [6.07, 6.45) is 1.08. The van der Waals surface area contributed by atoms with Crippen molar-refractivity contribution in [2.24, 2.45) is 0 Å². The van der Waals surface area contributed by atoms with E-state index < -0.39 is 11.1 Å². The van der Waals surface area contributed by atoms with E-state index in [4.69, 9.17) is 4.74 Å². The summed E-state index contributed by atoms with van der Waals surface area (Å²) in [6.45, 7) is 13.4. The SMILES string of the molecule is CC(C)(C)OC(=O)C(C)(C)N1CCCNCC1. The summed E-state index contributed by atoms with van der Waals surface area (Å²) in [5.74, 6) is -0.132. The Kier molecular flexibility index (Phi) is 4.55. The predicted molar refractivity (Wildman–Crippen MR) is 69.0 cm³/mol. The molecule has 0 bridgehead atoms. The summed E-state index contributed by atoms with van der Waals surface area (Å²) in [6, 6.07) is 0. The largest absolute Gasteiger partial charge is 0.459 e.